The molecule has 1 saturated heterocycles. The third-order valence-corrected chi connectivity index (χ3v) is 4.99. The van der Waals surface area contributed by atoms with Gasteiger partial charge in [0, 0.05) is 45.1 Å². The summed E-state index contributed by atoms with van der Waals surface area (Å²) in [5.41, 5.74) is 0. The third-order valence-electron chi connectivity index (χ3n) is 4.06. The Morgan fingerprint density at radius 3 is 2.73 bits per heavy atom. The number of rotatable bonds is 5. The number of hydrogen-bond acceptors (Lipinski definition) is 4. The minimum atomic E-state index is -2.59. The van der Waals surface area contributed by atoms with Gasteiger partial charge >= 0.3 is 6.55 Å². The zero-order valence-corrected chi connectivity index (χ0v) is 17.7. The number of anilines is 1. The standard InChI is InChI=1S/C16H22F2N6S.HI/c1-2-19-16(21-12-13-20-5-6-24(13)15(17)18)23-9-7-22(8-10-23)14-4-3-11-25-14;/h3-6,11,15H,2,7-10,12H2,1H3,(H,19,21);1H. The molecular weight excluding hydrogens is 473 g/mol. The van der Waals surface area contributed by atoms with E-state index in [1.807, 2.05) is 6.92 Å². The van der Waals surface area contributed by atoms with Crippen LogP contribution in [0.4, 0.5) is 13.8 Å². The number of alkyl halides is 2. The number of imidazole rings is 1. The second-order valence-corrected chi connectivity index (χ2v) is 6.55. The van der Waals surface area contributed by atoms with Crippen molar-refractivity contribution in [3.63, 3.8) is 0 Å². The number of aliphatic imine (C=N–C) groups is 1. The zero-order chi connectivity index (χ0) is 17.6. The van der Waals surface area contributed by atoms with Crippen molar-refractivity contribution in [3.8, 4) is 0 Å². The van der Waals surface area contributed by atoms with Gasteiger partial charge in [0.2, 0.25) is 0 Å². The van der Waals surface area contributed by atoms with Gasteiger partial charge in [0.15, 0.2) is 5.96 Å². The highest BCUT2D eigenvalue weighted by Gasteiger charge is 2.20. The molecule has 0 unspecified atom stereocenters. The van der Waals surface area contributed by atoms with Gasteiger partial charge in [-0.1, -0.05) is 0 Å². The van der Waals surface area contributed by atoms with Crippen molar-refractivity contribution in [1.29, 1.82) is 0 Å². The molecule has 0 aromatic carbocycles. The monoisotopic (exact) mass is 496 g/mol. The Morgan fingerprint density at radius 1 is 1.35 bits per heavy atom. The lowest BCUT2D eigenvalue weighted by molar-refractivity contribution is 0.0671. The molecule has 0 bridgehead atoms. The molecule has 0 radical (unpaired) electrons. The molecule has 0 amide bonds. The van der Waals surface area contributed by atoms with Crippen LogP contribution in [0.3, 0.4) is 0 Å². The van der Waals surface area contributed by atoms with Gasteiger partial charge in [0.1, 0.15) is 12.4 Å². The number of nitrogens with one attached hydrogen (secondary N) is 1. The molecule has 3 heterocycles. The second-order valence-electron chi connectivity index (χ2n) is 5.62. The average Bonchev–Trinajstić information content (AvgIpc) is 3.30. The molecule has 10 heteroatoms. The summed E-state index contributed by atoms with van der Waals surface area (Å²) in [5, 5.41) is 6.61. The Morgan fingerprint density at radius 2 is 2.12 bits per heavy atom. The topological polar surface area (TPSA) is 48.7 Å². The molecule has 0 atom stereocenters. The maximum absolute atomic E-state index is 12.9. The average molecular weight is 496 g/mol. The maximum Gasteiger partial charge on any atom is 0.319 e. The summed E-state index contributed by atoms with van der Waals surface area (Å²) >= 11 is 1.74. The Labute approximate surface area is 172 Å². The molecular formula is C16H23F2IN6S. The number of thiophene rings is 1. The molecule has 26 heavy (non-hydrogen) atoms. The number of nitrogens with zero attached hydrogens (tertiary/aromatic N) is 5. The number of halogens is 3. The summed E-state index contributed by atoms with van der Waals surface area (Å²) in [7, 11) is 0. The number of piperazine rings is 1. The fourth-order valence-electron chi connectivity index (χ4n) is 2.80. The lowest BCUT2D eigenvalue weighted by atomic mass is 10.3. The smallest absolute Gasteiger partial charge is 0.319 e. The van der Waals surface area contributed by atoms with Gasteiger partial charge < -0.3 is 15.1 Å². The van der Waals surface area contributed by atoms with E-state index < -0.39 is 6.55 Å². The van der Waals surface area contributed by atoms with Crippen LogP contribution in [0.15, 0.2) is 34.9 Å². The van der Waals surface area contributed by atoms with Gasteiger partial charge in [-0.25, -0.2) is 9.98 Å². The quantitative estimate of drug-likeness (QED) is 0.393. The van der Waals surface area contributed by atoms with Crippen LogP contribution in [0.1, 0.15) is 19.3 Å². The maximum atomic E-state index is 12.9. The van der Waals surface area contributed by atoms with Gasteiger partial charge in [-0.2, -0.15) is 8.78 Å². The van der Waals surface area contributed by atoms with Gasteiger partial charge in [-0.05, 0) is 24.4 Å². The summed E-state index contributed by atoms with van der Waals surface area (Å²) in [5.74, 6) is 1.01. The lowest BCUT2D eigenvalue weighted by Crippen LogP contribution is -2.52. The SMILES string of the molecule is CCNC(=NCc1nccn1C(F)F)N1CCN(c2cccs2)CC1.I. The highest BCUT2D eigenvalue weighted by atomic mass is 127. The molecule has 144 valence electrons. The van der Waals surface area contributed by atoms with Crippen LogP contribution in [-0.2, 0) is 6.54 Å². The van der Waals surface area contributed by atoms with E-state index in [0.29, 0.717) is 0 Å². The van der Waals surface area contributed by atoms with E-state index in [1.165, 1.54) is 17.4 Å². The summed E-state index contributed by atoms with van der Waals surface area (Å²) in [6.07, 6.45) is 2.66. The van der Waals surface area contributed by atoms with E-state index >= 15 is 0 Å². The molecule has 1 N–H and O–H groups in total. The summed E-state index contributed by atoms with van der Waals surface area (Å²) in [6, 6.07) is 4.19. The Balaban J connectivity index is 0.00000243. The van der Waals surface area contributed by atoms with Crippen molar-refractivity contribution in [2.45, 2.75) is 20.0 Å². The molecule has 1 fully saturated rings. The predicted octanol–water partition coefficient (Wildman–Crippen LogP) is 3.25. The fourth-order valence-corrected chi connectivity index (χ4v) is 3.59. The summed E-state index contributed by atoms with van der Waals surface area (Å²) in [4.78, 5) is 13.0. The van der Waals surface area contributed by atoms with Crippen LogP contribution in [0, 0.1) is 0 Å². The van der Waals surface area contributed by atoms with Crippen LogP contribution < -0.4 is 10.2 Å². The largest absolute Gasteiger partial charge is 0.360 e. The second kappa shape index (κ2) is 10.0. The molecule has 1 aliphatic rings. The van der Waals surface area contributed by atoms with Gasteiger partial charge in [-0.3, -0.25) is 4.57 Å². The number of hydrogen-bond donors (Lipinski definition) is 1. The Kier molecular flexibility index (Phi) is 8.07. The minimum absolute atomic E-state index is 0. The van der Waals surface area contributed by atoms with E-state index in [0.717, 1.165) is 43.3 Å². The molecule has 6 nitrogen and oxygen atoms in total. The van der Waals surface area contributed by atoms with E-state index in [2.05, 4.69) is 42.6 Å². The van der Waals surface area contributed by atoms with Crippen molar-refractivity contribution >= 4 is 46.3 Å². The highest BCUT2D eigenvalue weighted by Crippen LogP contribution is 2.22. The normalized spacial score (nSPS) is 15.3. The fraction of sp³-hybridized carbons (Fsp3) is 0.500. The number of guanidine groups is 1. The van der Waals surface area contributed by atoms with Crippen LogP contribution >= 0.6 is 35.3 Å². The lowest BCUT2D eigenvalue weighted by Gasteiger charge is -2.37. The summed E-state index contributed by atoms with van der Waals surface area (Å²) < 4.78 is 26.7. The highest BCUT2D eigenvalue weighted by molar-refractivity contribution is 14.0. The molecule has 0 aliphatic carbocycles. The molecule has 0 spiro atoms. The van der Waals surface area contributed by atoms with E-state index in [1.54, 1.807) is 11.3 Å². The van der Waals surface area contributed by atoms with Crippen LogP contribution in [0.2, 0.25) is 0 Å². The molecule has 2 aromatic heterocycles. The van der Waals surface area contributed by atoms with Crippen molar-refractivity contribution in [3.05, 3.63) is 35.7 Å². The van der Waals surface area contributed by atoms with Crippen LogP contribution in [0.25, 0.3) is 0 Å². The number of aromatic nitrogens is 2. The van der Waals surface area contributed by atoms with Gasteiger partial charge in [0.05, 0.1) is 5.00 Å². The van der Waals surface area contributed by atoms with Crippen molar-refractivity contribution < 1.29 is 8.78 Å². The van der Waals surface area contributed by atoms with Crippen molar-refractivity contribution in [2.75, 3.05) is 37.6 Å². The minimum Gasteiger partial charge on any atom is -0.360 e. The Bertz CT molecular complexity index is 683. The predicted molar refractivity (Wildman–Crippen MR) is 112 cm³/mol. The van der Waals surface area contributed by atoms with Gasteiger partial charge in [-0.15, -0.1) is 35.3 Å². The first-order valence-electron chi connectivity index (χ1n) is 8.30. The van der Waals surface area contributed by atoms with E-state index in [9.17, 15) is 8.78 Å². The molecule has 1 aliphatic heterocycles. The van der Waals surface area contributed by atoms with Gasteiger partial charge in [0.25, 0.3) is 0 Å². The van der Waals surface area contributed by atoms with E-state index in [4.69, 9.17) is 0 Å². The van der Waals surface area contributed by atoms with Crippen molar-refractivity contribution in [2.24, 2.45) is 4.99 Å². The molecule has 3 rings (SSSR count). The first-order valence-corrected chi connectivity index (χ1v) is 9.18. The Hall–Kier alpha value is -1.43. The summed E-state index contributed by atoms with van der Waals surface area (Å²) in [6.45, 7) is 3.77. The zero-order valence-electron chi connectivity index (χ0n) is 14.5. The van der Waals surface area contributed by atoms with E-state index in [-0.39, 0.29) is 36.3 Å². The van der Waals surface area contributed by atoms with Crippen LogP contribution in [0.5, 0.6) is 0 Å². The first-order chi connectivity index (χ1) is 12.2. The molecule has 2 aromatic rings. The molecule has 0 saturated carbocycles. The third kappa shape index (κ3) is 5.06. The van der Waals surface area contributed by atoms with Crippen LogP contribution in [-0.4, -0.2) is 53.1 Å². The van der Waals surface area contributed by atoms with Crippen molar-refractivity contribution in [1.82, 2.24) is 19.8 Å². The first kappa shape index (κ1) is 20.9.